The van der Waals surface area contributed by atoms with Gasteiger partial charge in [0.25, 0.3) is 11.1 Å². The van der Waals surface area contributed by atoms with E-state index in [1.54, 1.807) is 0 Å². The highest BCUT2D eigenvalue weighted by Crippen LogP contribution is 2.33. The number of anilines is 1. The predicted octanol–water partition coefficient (Wildman–Crippen LogP) is -0.291. The van der Waals surface area contributed by atoms with Crippen molar-refractivity contribution in [2.75, 3.05) is 18.0 Å². The number of carbonyl (C=O) groups is 1. The minimum absolute atomic E-state index is 0.0320. The Morgan fingerprint density at radius 3 is 2.66 bits per heavy atom. The third-order valence-corrected chi connectivity index (χ3v) is 4.73. The van der Waals surface area contributed by atoms with Crippen LogP contribution in [0.15, 0.2) is 39.0 Å². The number of ether oxygens (including phenoxy) is 1. The van der Waals surface area contributed by atoms with E-state index in [2.05, 4.69) is 25.1 Å². The molecule has 1 aliphatic heterocycles. The second-order valence-corrected chi connectivity index (χ2v) is 7.00. The summed E-state index contributed by atoms with van der Waals surface area (Å²) in [4.78, 5) is 59.7. The SMILES string of the molecule is CC(=O)c1cnc(OC2CN(c3cc(-c4c[nH]c(=O)[nH]c4=O)n[nH]c3=O)CC2(F)F)cn1. The fourth-order valence-corrected chi connectivity index (χ4v) is 3.13. The molecule has 3 N–H and O–H groups in total. The van der Waals surface area contributed by atoms with Gasteiger partial charge in [0.15, 0.2) is 11.9 Å². The molecule has 1 aliphatic rings. The van der Waals surface area contributed by atoms with E-state index in [1.807, 2.05) is 4.98 Å². The van der Waals surface area contributed by atoms with Crippen LogP contribution in [0.3, 0.4) is 0 Å². The van der Waals surface area contributed by atoms with Crippen LogP contribution < -0.4 is 26.4 Å². The van der Waals surface area contributed by atoms with E-state index in [-0.39, 0.29) is 40.8 Å². The monoisotopic (exact) mass is 447 g/mol. The lowest BCUT2D eigenvalue weighted by molar-refractivity contribution is -0.0610. The van der Waals surface area contributed by atoms with Crippen LogP contribution in [0.5, 0.6) is 5.88 Å². The summed E-state index contributed by atoms with van der Waals surface area (Å²) in [7, 11) is 0. The van der Waals surface area contributed by atoms with Gasteiger partial charge in [0, 0.05) is 13.1 Å². The van der Waals surface area contributed by atoms with Crippen LogP contribution in [0.2, 0.25) is 0 Å². The molecule has 0 saturated carbocycles. The second-order valence-electron chi connectivity index (χ2n) is 7.00. The lowest BCUT2D eigenvalue weighted by atomic mass is 10.2. The molecule has 0 amide bonds. The maximum absolute atomic E-state index is 14.6. The van der Waals surface area contributed by atoms with Gasteiger partial charge in [-0.1, -0.05) is 0 Å². The summed E-state index contributed by atoms with van der Waals surface area (Å²) >= 11 is 0. The highest BCUT2D eigenvalue weighted by atomic mass is 19.3. The van der Waals surface area contributed by atoms with Crippen molar-refractivity contribution in [1.29, 1.82) is 0 Å². The fraction of sp³-hybridized carbons (Fsp3) is 0.278. The zero-order valence-corrected chi connectivity index (χ0v) is 16.4. The highest BCUT2D eigenvalue weighted by Gasteiger charge is 2.51. The van der Waals surface area contributed by atoms with Crippen molar-refractivity contribution in [2.24, 2.45) is 0 Å². The Morgan fingerprint density at radius 2 is 2.00 bits per heavy atom. The van der Waals surface area contributed by atoms with Gasteiger partial charge in [-0.3, -0.25) is 19.4 Å². The molecular formula is C18H15F2N7O5. The van der Waals surface area contributed by atoms with Gasteiger partial charge >= 0.3 is 11.6 Å². The maximum Gasteiger partial charge on any atom is 0.325 e. The summed E-state index contributed by atoms with van der Waals surface area (Å²) in [5.41, 5.74) is -2.45. The van der Waals surface area contributed by atoms with Gasteiger partial charge in [0.1, 0.15) is 11.4 Å². The lowest BCUT2D eigenvalue weighted by Crippen LogP contribution is -2.36. The summed E-state index contributed by atoms with van der Waals surface area (Å²) < 4.78 is 34.5. The van der Waals surface area contributed by atoms with Gasteiger partial charge in [0.05, 0.1) is 36.7 Å². The molecule has 1 atom stereocenters. The molecule has 0 aliphatic carbocycles. The number of carbonyl (C=O) groups excluding carboxylic acids is 1. The van der Waals surface area contributed by atoms with Gasteiger partial charge in [0.2, 0.25) is 5.88 Å². The number of halogens is 2. The largest absolute Gasteiger partial charge is 0.465 e. The standard InChI is InChI=1S/C18H15F2N7O5/c1-8(28)11-4-22-14(5-21-11)32-13-6-27(7-18(13,19)20)12-2-10(25-26-16(12)30)9-3-23-17(31)24-15(9)29/h2-5,13H,6-7H2,1H3,(H,26,30)(H2,23,24,29,31). The minimum atomic E-state index is -3.35. The number of aromatic amines is 3. The number of nitrogens with one attached hydrogen (secondary N) is 3. The molecule has 1 saturated heterocycles. The van der Waals surface area contributed by atoms with Gasteiger partial charge in [-0.15, -0.1) is 0 Å². The number of ketones is 1. The number of alkyl halides is 2. The van der Waals surface area contributed by atoms with E-state index in [9.17, 15) is 28.0 Å². The molecule has 1 fully saturated rings. The third-order valence-electron chi connectivity index (χ3n) is 4.73. The first kappa shape index (κ1) is 21.0. The van der Waals surface area contributed by atoms with Crippen LogP contribution >= 0.6 is 0 Å². The van der Waals surface area contributed by atoms with E-state index in [1.165, 1.54) is 13.0 Å². The van der Waals surface area contributed by atoms with Gasteiger partial charge < -0.3 is 14.6 Å². The number of nitrogens with zero attached hydrogens (tertiary/aromatic N) is 4. The molecular weight excluding hydrogens is 432 g/mol. The van der Waals surface area contributed by atoms with Crippen molar-refractivity contribution in [3.8, 4) is 17.1 Å². The Bertz CT molecular complexity index is 1350. The van der Waals surface area contributed by atoms with Crippen LogP contribution in [-0.2, 0) is 0 Å². The third kappa shape index (κ3) is 4.01. The molecule has 0 bridgehead atoms. The average Bonchev–Trinajstić information content (AvgIpc) is 3.03. The Balaban J connectivity index is 1.60. The Morgan fingerprint density at radius 1 is 1.22 bits per heavy atom. The minimum Gasteiger partial charge on any atom is -0.465 e. The summed E-state index contributed by atoms with van der Waals surface area (Å²) in [6.07, 6.45) is 1.62. The Kier molecular flexibility index (Phi) is 5.12. The summed E-state index contributed by atoms with van der Waals surface area (Å²) in [5, 5.41) is 5.91. The van der Waals surface area contributed by atoms with Crippen LogP contribution in [0, 0.1) is 0 Å². The molecule has 1 unspecified atom stereocenters. The first-order valence-electron chi connectivity index (χ1n) is 9.18. The van der Waals surface area contributed by atoms with E-state index in [0.29, 0.717) is 0 Å². The quantitative estimate of drug-likeness (QED) is 0.445. The molecule has 0 radical (unpaired) electrons. The molecule has 4 heterocycles. The molecule has 166 valence electrons. The smallest absolute Gasteiger partial charge is 0.325 e. The number of Topliss-reactive ketones (excluding diaryl/α,β-unsaturated/α-hetero) is 1. The van der Waals surface area contributed by atoms with Crippen molar-refractivity contribution in [3.63, 3.8) is 0 Å². The maximum atomic E-state index is 14.6. The van der Waals surface area contributed by atoms with Crippen molar-refractivity contribution >= 4 is 11.5 Å². The number of aromatic nitrogens is 6. The van der Waals surface area contributed by atoms with E-state index in [4.69, 9.17) is 4.74 Å². The van der Waals surface area contributed by atoms with Crippen molar-refractivity contribution < 1.29 is 18.3 Å². The van der Waals surface area contributed by atoms with Gasteiger partial charge in [-0.2, -0.15) is 5.10 Å². The second kappa shape index (κ2) is 7.79. The molecule has 0 spiro atoms. The van der Waals surface area contributed by atoms with Crippen LogP contribution in [-0.4, -0.2) is 61.0 Å². The van der Waals surface area contributed by atoms with E-state index >= 15 is 0 Å². The predicted molar refractivity (Wildman–Crippen MR) is 105 cm³/mol. The zero-order valence-electron chi connectivity index (χ0n) is 16.4. The summed E-state index contributed by atoms with van der Waals surface area (Å²) in [6.45, 7) is 0.0672. The average molecular weight is 447 g/mol. The number of rotatable bonds is 5. The summed E-state index contributed by atoms with van der Waals surface area (Å²) in [6, 6.07) is 1.17. The van der Waals surface area contributed by atoms with Crippen LogP contribution in [0.4, 0.5) is 14.5 Å². The Hall–Kier alpha value is -4.23. The van der Waals surface area contributed by atoms with E-state index < -0.39 is 35.4 Å². The highest BCUT2D eigenvalue weighted by molar-refractivity contribution is 5.91. The molecule has 14 heteroatoms. The van der Waals surface area contributed by atoms with Gasteiger partial charge in [-0.05, 0) is 6.07 Å². The summed E-state index contributed by atoms with van der Waals surface area (Å²) in [5.74, 6) is -3.90. The molecule has 32 heavy (non-hydrogen) atoms. The lowest BCUT2D eigenvalue weighted by Gasteiger charge is -2.18. The molecule has 3 aromatic rings. The number of hydrogen-bond donors (Lipinski definition) is 3. The Labute approximate surface area is 176 Å². The first-order valence-corrected chi connectivity index (χ1v) is 9.18. The normalized spacial score (nSPS) is 17.3. The van der Waals surface area contributed by atoms with Crippen LogP contribution in [0.25, 0.3) is 11.3 Å². The van der Waals surface area contributed by atoms with Crippen LogP contribution in [0.1, 0.15) is 17.4 Å². The van der Waals surface area contributed by atoms with E-state index in [0.717, 1.165) is 23.5 Å². The zero-order chi connectivity index (χ0) is 23.0. The fourth-order valence-electron chi connectivity index (χ4n) is 3.13. The number of H-pyrrole nitrogens is 3. The molecule has 4 rings (SSSR count). The topological polar surface area (TPSA) is 167 Å². The molecule has 0 aromatic carbocycles. The molecule has 3 aromatic heterocycles. The van der Waals surface area contributed by atoms with Crippen molar-refractivity contribution in [3.05, 3.63) is 61.5 Å². The molecule has 12 nitrogen and oxygen atoms in total. The van der Waals surface area contributed by atoms with Crippen molar-refractivity contribution in [1.82, 2.24) is 30.1 Å². The van der Waals surface area contributed by atoms with Crippen molar-refractivity contribution in [2.45, 2.75) is 19.0 Å². The first-order chi connectivity index (χ1) is 15.1. The number of hydrogen-bond acceptors (Lipinski definition) is 9. The van der Waals surface area contributed by atoms with Gasteiger partial charge in [-0.25, -0.2) is 28.6 Å².